The lowest BCUT2D eigenvalue weighted by Crippen LogP contribution is -2.24. The van der Waals surface area contributed by atoms with Gasteiger partial charge in [0.2, 0.25) is 0 Å². The highest BCUT2D eigenvalue weighted by Crippen LogP contribution is 2.16. The van der Waals surface area contributed by atoms with Crippen LogP contribution in [0.2, 0.25) is 0 Å². The molecule has 0 radical (unpaired) electrons. The van der Waals surface area contributed by atoms with Crippen LogP contribution in [0.25, 0.3) is 0 Å². The Labute approximate surface area is 93.9 Å². The third kappa shape index (κ3) is 3.67. The summed E-state index contributed by atoms with van der Waals surface area (Å²) >= 11 is 0. The summed E-state index contributed by atoms with van der Waals surface area (Å²) in [4.78, 5) is 0. The number of nitrogens with one attached hydrogen (secondary N) is 1. The molecular formula is C14H23N. The smallest absolute Gasteiger partial charge is 0.0294 e. The molecule has 0 amide bonds. The lowest BCUT2D eigenvalue weighted by Gasteiger charge is -2.18. The van der Waals surface area contributed by atoms with Crippen molar-refractivity contribution in [1.29, 1.82) is 0 Å². The normalized spacial score (nSPS) is 14.9. The van der Waals surface area contributed by atoms with Gasteiger partial charge in [0, 0.05) is 6.04 Å². The van der Waals surface area contributed by atoms with Crippen molar-refractivity contribution in [2.24, 2.45) is 5.92 Å². The summed E-state index contributed by atoms with van der Waals surface area (Å²) in [6.45, 7) is 10.1. The first-order valence-corrected chi connectivity index (χ1v) is 5.94. The summed E-state index contributed by atoms with van der Waals surface area (Å²) in [5.41, 5.74) is 2.79. The minimum atomic E-state index is 0.459. The van der Waals surface area contributed by atoms with Crippen LogP contribution in [0.5, 0.6) is 0 Å². The van der Waals surface area contributed by atoms with Gasteiger partial charge in [0.1, 0.15) is 0 Å². The van der Waals surface area contributed by atoms with Gasteiger partial charge in [-0.05, 0) is 37.4 Å². The number of hydrogen-bond acceptors (Lipinski definition) is 1. The molecule has 0 bridgehead atoms. The maximum absolute atomic E-state index is 3.59. The van der Waals surface area contributed by atoms with Gasteiger partial charge in [-0.15, -0.1) is 0 Å². The summed E-state index contributed by atoms with van der Waals surface area (Å²) in [5, 5.41) is 3.59. The Kier molecular flexibility index (Phi) is 4.83. The van der Waals surface area contributed by atoms with Crippen molar-refractivity contribution in [3.05, 3.63) is 35.4 Å². The molecule has 0 saturated heterocycles. The van der Waals surface area contributed by atoms with Crippen molar-refractivity contribution in [2.75, 3.05) is 6.54 Å². The van der Waals surface area contributed by atoms with Crippen molar-refractivity contribution >= 4 is 0 Å². The average Bonchev–Trinajstić information content (AvgIpc) is 2.26. The summed E-state index contributed by atoms with van der Waals surface area (Å²) in [5.74, 6) is 0.761. The summed E-state index contributed by atoms with van der Waals surface area (Å²) < 4.78 is 0. The van der Waals surface area contributed by atoms with Gasteiger partial charge in [-0.2, -0.15) is 0 Å². The van der Waals surface area contributed by atoms with Gasteiger partial charge in [0.25, 0.3) is 0 Å². The predicted molar refractivity (Wildman–Crippen MR) is 67.1 cm³/mol. The fourth-order valence-corrected chi connectivity index (χ4v) is 1.70. The lowest BCUT2D eigenvalue weighted by atomic mass is 10.0. The van der Waals surface area contributed by atoms with Crippen LogP contribution in [0.4, 0.5) is 0 Å². The van der Waals surface area contributed by atoms with E-state index in [9.17, 15) is 0 Å². The number of benzene rings is 1. The fraction of sp³-hybridized carbons (Fsp3) is 0.571. The Morgan fingerprint density at radius 2 is 1.87 bits per heavy atom. The molecule has 0 spiro atoms. The highest BCUT2D eigenvalue weighted by molar-refractivity contribution is 5.28. The highest BCUT2D eigenvalue weighted by atomic mass is 14.9. The van der Waals surface area contributed by atoms with Crippen molar-refractivity contribution in [2.45, 2.75) is 40.2 Å². The lowest BCUT2D eigenvalue weighted by molar-refractivity contribution is 0.460. The molecule has 84 valence electrons. The average molecular weight is 205 g/mol. The third-order valence-corrected chi connectivity index (χ3v) is 3.12. The van der Waals surface area contributed by atoms with Crippen LogP contribution in [0.15, 0.2) is 24.3 Å². The molecule has 0 fully saturated rings. The molecule has 0 aromatic heterocycles. The van der Waals surface area contributed by atoms with Gasteiger partial charge in [-0.1, -0.05) is 44.5 Å². The van der Waals surface area contributed by atoms with E-state index in [1.807, 2.05) is 0 Å². The van der Waals surface area contributed by atoms with E-state index in [0.717, 1.165) is 12.5 Å². The Balaban J connectivity index is 2.54. The molecule has 15 heavy (non-hydrogen) atoms. The van der Waals surface area contributed by atoms with Crippen LogP contribution in [0.1, 0.15) is 44.4 Å². The molecule has 1 aromatic carbocycles. The van der Waals surface area contributed by atoms with Crippen molar-refractivity contribution in [1.82, 2.24) is 5.32 Å². The third-order valence-electron chi connectivity index (χ3n) is 3.12. The van der Waals surface area contributed by atoms with Gasteiger partial charge < -0.3 is 5.32 Å². The van der Waals surface area contributed by atoms with Gasteiger partial charge in [-0.3, -0.25) is 0 Å². The fourth-order valence-electron chi connectivity index (χ4n) is 1.70. The van der Waals surface area contributed by atoms with Crippen LogP contribution in [0, 0.1) is 12.8 Å². The van der Waals surface area contributed by atoms with E-state index in [1.54, 1.807) is 0 Å². The monoisotopic (exact) mass is 205 g/mol. The second-order valence-electron chi connectivity index (χ2n) is 4.50. The first-order valence-electron chi connectivity index (χ1n) is 5.94. The van der Waals surface area contributed by atoms with E-state index in [4.69, 9.17) is 0 Å². The van der Waals surface area contributed by atoms with E-state index in [-0.39, 0.29) is 0 Å². The molecule has 2 atom stereocenters. The van der Waals surface area contributed by atoms with E-state index in [0.29, 0.717) is 6.04 Å². The van der Waals surface area contributed by atoms with Gasteiger partial charge in [0.15, 0.2) is 0 Å². The number of hydrogen-bond donors (Lipinski definition) is 1. The molecule has 0 aliphatic carbocycles. The molecule has 0 aliphatic rings. The highest BCUT2D eigenvalue weighted by Gasteiger charge is 2.07. The molecule has 1 rings (SSSR count). The van der Waals surface area contributed by atoms with Gasteiger partial charge >= 0.3 is 0 Å². The van der Waals surface area contributed by atoms with Gasteiger partial charge in [0.05, 0.1) is 0 Å². The zero-order valence-electron chi connectivity index (χ0n) is 10.4. The Morgan fingerprint density at radius 3 is 2.47 bits per heavy atom. The SMILES string of the molecule is CCC(C)CN[C@@H](C)c1ccccc1C. The Bertz CT molecular complexity index is 293. The van der Waals surface area contributed by atoms with Crippen LogP contribution in [0.3, 0.4) is 0 Å². The topological polar surface area (TPSA) is 12.0 Å². The van der Waals surface area contributed by atoms with Crippen molar-refractivity contribution in [3.63, 3.8) is 0 Å². The summed E-state index contributed by atoms with van der Waals surface area (Å²) in [6, 6.07) is 9.06. The molecule has 0 aliphatic heterocycles. The molecule has 1 N–H and O–H groups in total. The van der Waals surface area contributed by atoms with Crippen LogP contribution in [-0.4, -0.2) is 6.54 Å². The van der Waals surface area contributed by atoms with Crippen LogP contribution in [-0.2, 0) is 0 Å². The predicted octanol–water partition coefficient (Wildman–Crippen LogP) is 3.69. The zero-order valence-corrected chi connectivity index (χ0v) is 10.4. The van der Waals surface area contributed by atoms with E-state index in [2.05, 4.69) is 57.3 Å². The quantitative estimate of drug-likeness (QED) is 0.773. The van der Waals surface area contributed by atoms with Crippen LogP contribution >= 0.6 is 0 Å². The molecule has 1 nitrogen and oxygen atoms in total. The second-order valence-corrected chi connectivity index (χ2v) is 4.50. The molecular weight excluding hydrogens is 182 g/mol. The van der Waals surface area contributed by atoms with Gasteiger partial charge in [-0.25, -0.2) is 0 Å². The molecule has 1 heteroatoms. The summed E-state index contributed by atoms with van der Waals surface area (Å²) in [7, 11) is 0. The Hall–Kier alpha value is -0.820. The van der Waals surface area contributed by atoms with E-state index >= 15 is 0 Å². The minimum absolute atomic E-state index is 0.459. The second kappa shape index (κ2) is 5.92. The van der Waals surface area contributed by atoms with E-state index < -0.39 is 0 Å². The van der Waals surface area contributed by atoms with Crippen LogP contribution < -0.4 is 5.32 Å². The molecule has 0 heterocycles. The zero-order chi connectivity index (χ0) is 11.3. The minimum Gasteiger partial charge on any atom is -0.310 e. The largest absolute Gasteiger partial charge is 0.310 e. The van der Waals surface area contributed by atoms with Crippen molar-refractivity contribution < 1.29 is 0 Å². The first kappa shape index (κ1) is 12.3. The first-order chi connectivity index (χ1) is 7.15. The number of rotatable bonds is 5. The molecule has 1 unspecified atom stereocenters. The number of aryl methyl sites for hydroxylation is 1. The Morgan fingerprint density at radius 1 is 1.20 bits per heavy atom. The van der Waals surface area contributed by atoms with E-state index in [1.165, 1.54) is 17.5 Å². The maximum atomic E-state index is 3.59. The maximum Gasteiger partial charge on any atom is 0.0294 e. The standard InChI is InChI=1S/C14H23N/c1-5-11(2)10-15-13(4)14-9-7-6-8-12(14)3/h6-9,11,13,15H,5,10H2,1-4H3/t11?,13-/m0/s1. The molecule has 1 aromatic rings. The molecule has 0 saturated carbocycles. The summed E-state index contributed by atoms with van der Waals surface area (Å²) in [6.07, 6.45) is 1.24. The van der Waals surface area contributed by atoms with Crippen molar-refractivity contribution in [3.8, 4) is 0 Å².